The van der Waals surface area contributed by atoms with Gasteiger partial charge in [0.1, 0.15) is 11.9 Å². The van der Waals surface area contributed by atoms with Crippen molar-refractivity contribution in [2.75, 3.05) is 7.11 Å². The number of epoxide rings is 1. The van der Waals surface area contributed by atoms with Crippen molar-refractivity contribution in [2.24, 2.45) is 0 Å². The van der Waals surface area contributed by atoms with Crippen molar-refractivity contribution in [2.45, 2.75) is 55.9 Å². The van der Waals surface area contributed by atoms with Crippen LogP contribution in [0.1, 0.15) is 30.4 Å². The van der Waals surface area contributed by atoms with Crippen LogP contribution in [0.25, 0.3) is 0 Å². The predicted octanol–water partition coefficient (Wildman–Crippen LogP) is 3.51. The maximum absolute atomic E-state index is 13.5. The third kappa shape index (κ3) is 3.74. The van der Waals surface area contributed by atoms with Crippen LogP contribution >= 0.6 is 0 Å². The highest BCUT2D eigenvalue weighted by Crippen LogP contribution is 2.41. The molecule has 2 aliphatic rings. The summed E-state index contributed by atoms with van der Waals surface area (Å²) >= 11 is 0. The van der Waals surface area contributed by atoms with Gasteiger partial charge in [0, 0.05) is 6.54 Å². The largest absolute Gasteiger partial charge is 0.497 e. The number of benzene rings is 2. The average molecular weight is 388 g/mol. The zero-order valence-corrected chi connectivity index (χ0v) is 16.5. The van der Waals surface area contributed by atoms with Crippen molar-refractivity contribution in [3.05, 3.63) is 59.7 Å². The fraction of sp³-hybridized carbons (Fsp3) is 0.429. The maximum atomic E-state index is 13.5. The summed E-state index contributed by atoms with van der Waals surface area (Å²) in [6.45, 7) is 2.28. The summed E-state index contributed by atoms with van der Waals surface area (Å²) in [6, 6.07) is 14.5. The molecule has 0 unspecified atom stereocenters. The molecule has 0 bridgehead atoms. The van der Waals surface area contributed by atoms with Gasteiger partial charge < -0.3 is 9.47 Å². The second-order valence-corrected chi connectivity index (χ2v) is 9.24. The minimum Gasteiger partial charge on any atom is -0.497 e. The molecule has 1 aliphatic carbocycles. The first-order valence-electron chi connectivity index (χ1n) is 9.36. The van der Waals surface area contributed by atoms with E-state index in [2.05, 4.69) is 0 Å². The van der Waals surface area contributed by atoms with E-state index < -0.39 is 10.0 Å². The molecule has 27 heavy (non-hydrogen) atoms. The number of sulfonamides is 1. The Kier molecular flexibility index (Phi) is 4.97. The zero-order valence-electron chi connectivity index (χ0n) is 15.7. The Hall–Kier alpha value is -1.89. The van der Waals surface area contributed by atoms with E-state index in [4.69, 9.17) is 9.47 Å². The van der Waals surface area contributed by atoms with Gasteiger partial charge in [0.05, 0.1) is 24.2 Å². The molecule has 0 N–H and O–H groups in total. The number of hydrogen-bond donors (Lipinski definition) is 0. The lowest BCUT2D eigenvalue weighted by Gasteiger charge is -2.32. The SMILES string of the molecule is COc1ccc(CN([C@@H]2CCC[C@H]3O[C@@H]23)S(=O)(=O)c2ccc(C)cc2)cc1. The zero-order chi connectivity index (χ0) is 19.0. The van der Waals surface area contributed by atoms with Gasteiger partial charge in [0.25, 0.3) is 0 Å². The molecule has 5 nitrogen and oxygen atoms in total. The van der Waals surface area contributed by atoms with Gasteiger partial charge >= 0.3 is 0 Å². The molecule has 0 radical (unpaired) electrons. The van der Waals surface area contributed by atoms with E-state index in [1.165, 1.54) is 0 Å². The van der Waals surface area contributed by atoms with Crippen LogP contribution in [0.15, 0.2) is 53.4 Å². The highest BCUT2D eigenvalue weighted by molar-refractivity contribution is 7.89. The number of nitrogens with zero attached hydrogens (tertiary/aromatic N) is 1. The number of rotatable bonds is 6. The van der Waals surface area contributed by atoms with E-state index in [9.17, 15) is 8.42 Å². The van der Waals surface area contributed by atoms with Gasteiger partial charge in [0.2, 0.25) is 10.0 Å². The Morgan fingerprint density at radius 1 is 1.07 bits per heavy atom. The molecular formula is C21H25NO4S. The summed E-state index contributed by atoms with van der Waals surface area (Å²) in [5, 5.41) is 0. The molecule has 3 atom stereocenters. The quantitative estimate of drug-likeness (QED) is 0.712. The molecule has 2 fully saturated rings. The van der Waals surface area contributed by atoms with Crippen LogP contribution in [0.3, 0.4) is 0 Å². The molecule has 1 saturated carbocycles. The number of ether oxygens (including phenoxy) is 2. The van der Waals surface area contributed by atoms with Crippen molar-refractivity contribution < 1.29 is 17.9 Å². The van der Waals surface area contributed by atoms with E-state index >= 15 is 0 Å². The van der Waals surface area contributed by atoms with Crippen molar-refractivity contribution in [1.29, 1.82) is 0 Å². The summed E-state index contributed by atoms with van der Waals surface area (Å²) < 4.78 is 39.6. The normalized spacial score (nSPS) is 24.5. The van der Waals surface area contributed by atoms with Gasteiger partial charge in [-0.3, -0.25) is 0 Å². The summed E-state index contributed by atoms with van der Waals surface area (Å²) in [7, 11) is -1.99. The molecule has 0 spiro atoms. The Labute approximate surface area is 161 Å². The molecule has 144 valence electrons. The van der Waals surface area contributed by atoms with Crippen LogP contribution in [0.4, 0.5) is 0 Å². The van der Waals surface area contributed by atoms with Gasteiger partial charge in [-0.1, -0.05) is 29.8 Å². The lowest BCUT2D eigenvalue weighted by molar-refractivity contribution is 0.237. The van der Waals surface area contributed by atoms with E-state index in [0.717, 1.165) is 36.1 Å². The number of methoxy groups -OCH3 is 1. The van der Waals surface area contributed by atoms with E-state index in [-0.39, 0.29) is 18.2 Å². The van der Waals surface area contributed by atoms with Gasteiger partial charge in [-0.25, -0.2) is 8.42 Å². The highest BCUT2D eigenvalue weighted by Gasteiger charge is 2.51. The van der Waals surface area contributed by atoms with Crippen LogP contribution < -0.4 is 4.74 Å². The standard InChI is InChI=1S/C21H25NO4S/c1-15-6-12-18(13-7-15)27(23,24)22(19-4-3-5-20-21(19)26-20)14-16-8-10-17(25-2)11-9-16/h6-13,19-21H,3-5,14H2,1-2H3/t19-,20-,21+/m1/s1. The molecule has 2 aromatic rings. The summed E-state index contributed by atoms with van der Waals surface area (Å²) in [4.78, 5) is 0.337. The monoisotopic (exact) mass is 387 g/mol. The first kappa shape index (κ1) is 18.5. The second-order valence-electron chi connectivity index (χ2n) is 7.35. The van der Waals surface area contributed by atoms with E-state index in [1.807, 2.05) is 43.3 Å². The molecule has 1 aliphatic heterocycles. The van der Waals surface area contributed by atoms with Crippen LogP contribution in [0.2, 0.25) is 0 Å². The third-order valence-corrected chi connectivity index (χ3v) is 7.37. The molecule has 6 heteroatoms. The number of fused-ring (bicyclic) bond motifs is 1. The summed E-state index contributed by atoms with van der Waals surface area (Å²) in [6.07, 6.45) is 3.10. The summed E-state index contributed by atoms with van der Waals surface area (Å²) in [5.41, 5.74) is 1.98. The highest BCUT2D eigenvalue weighted by atomic mass is 32.2. The smallest absolute Gasteiger partial charge is 0.243 e. The van der Waals surface area contributed by atoms with Gasteiger partial charge in [0.15, 0.2) is 0 Å². The lowest BCUT2D eigenvalue weighted by Crippen LogP contribution is -2.44. The molecule has 1 saturated heterocycles. The van der Waals surface area contributed by atoms with Gasteiger partial charge in [-0.15, -0.1) is 0 Å². The van der Waals surface area contributed by atoms with Crippen LogP contribution in [0.5, 0.6) is 5.75 Å². The van der Waals surface area contributed by atoms with Crippen molar-refractivity contribution in [3.8, 4) is 5.75 Å². The fourth-order valence-corrected chi connectivity index (χ4v) is 5.52. The van der Waals surface area contributed by atoms with E-state index in [0.29, 0.717) is 11.4 Å². The lowest BCUT2D eigenvalue weighted by atomic mass is 9.95. The first-order valence-corrected chi connectivity index (χ1v) is 10.8. The molecular weight excluding hydrogens is 362 g/mol. The molecule has 0 aromatic heterocycles. The van der Waals surface area contributed by atoms with Crippen LogP contribution in [-0.2, 0) is 21.3 Å². The van der Waals surface area contributed by atoms with Crippen LogP contribution in [0, 0.1) is 6.92 Å². The Morgan fingerprint density at radius 2 is 1.78 bits per heavy atom. The minimum atomic E-state index is -3.62. The first-order chi connectivity index (χ1) is 13.0. The number of aryl methyl sites for hydroxylation is 1. The molecule has 4 rings (SSSR count). The van der Waals surface area contributed by atoms with Crippen molar-refractivity contribution in [3.63, 3.8) is 0 Å². The second kappa shape index (κ2) is 7.26. The topological polar surface area (TPSA) is 59.1 Å². The summed E-state index contributed by atoms with van der Waals surface area (Å²) in [5.74, 6) is 0.759. The maximum Gasteiger partial charge on any atom is 0.243 e. The van der Waals surface area contributed by atoms with Gasteiger partial charge in [-0.2, -0.15) is 4.31 Å². The Morgan fingerprint density at radius 3 is 2.44 bits per heavy atom. The van der Waals surface area contributed by atoms with Crippen molar-refractivity contribution in [1.82, 2.24) is 4.31 Å². The predicted molar refractivity (Wildman–Crippen MR) is 103 cm³/mol. The number of hydrogen-bond acceptors (Lipinski definition) is 4. The fourth-order valence-electron chi connectivity index (χ4n) is 3.86. The Bertz CT molecular complexity index is 893. The minimum absolute atomic E-state index is 0.0252. The van der Waals surface area contributed by atoms with Crippen LogP contribution in [-0.4, -0.2) is 38.1 Å². The average Bonchev–Trinajstić information content (AvgIpc) is 3.47. The van der Waals surface area contributed by atoms with Gasteiger partial charge in [-0.05, 0) is 56.0 Å². The molecule has 2 aromatic carbocycles. The van der Waals surface area contributed by atoms with Crippen molar-refractivity contribution >= 4 is 10.0 Å². The Balaban J connectivity index is 1.67. The molecule has 0 amide bonds. The van der Waals surface area contributed by atoms with E-state index in [1.54, 1.807) is 23.5 Å². The third-order valence-electron chi connectivity index (χ3n) is 5.48. The molecule has 1 heterocycles.